The lowest BCUT2D eigenvalue weighted by Crippen LogP contribution is -2.32. The molecular weight excluding hydrogens is 499 g/mol. The predicted octanol–water partition coefficient (Wildman–Crippen LogP) is 2.01. The summed E-state index contributed by atoms with van der Waals surface area (Å²) in [5, 5.41) is 26.2. The molecule has 1 atom stereocenters. The number of aromatic hydroxyl groups is 1. The fourth-order valence-corrected chi connectivity index (χ4v) is 5.51. The highest BCUT2D eigenvalue weighted by atomic mass is 32.2. The first-order valence-corrected chi connectivity index (χ1v) is 12.4. The highest BCUT2D eigenvalue weighted by molar-refractivity contribution is 7.91. The molecule has 3 heterocycles. The number of hydrogen-bond acceptors (Lipinski definition) is 9. The second-order valence-electron chi connectivity index (χ2n) is 7.33. The van der Waals surface area contributed by atoms with Crippen molar-refractivity contribution in [3.05, 3.63) is 78.0 Å². The Labute approximate surface area is 202 Å². The molecule has 3 aromatic heterocycles. The summed E-state index contributed by atoms with van der Waals surface area (Å²) in [7, 11) is -3.86. The molecule has 0 radical (unpaired) electrons. The SMILES string of the molecule is O=C(NO)C(Cc1ccc(O)c(F)c1)n1cc(CNS(=O)(=O)c2ccc(-c3ccccn3)s2)nn1. The van der Waals surface area contributed by atoms with Gasteiger partial charge in [-0.1, -0.05) is 17.3 Å². The molecule has 0 spiro atoms. The molecule has 0 aliphatic rings. The van der Waals surface area contributed by atoms with Crippen molar-refractivity contribution < 1.29 is 27.9 Å². The third kappa shape index (κ3) is 5.68. The smallest absolute Gasteiger partial charge is 0.268 e. The van der Waals surface area contributed by atoms with Crippen molar-refractivity contribution in [3.63, 3.8) is 0 Å². The monoisotopic (exact) mass is 518 g/mol. The maximum atomic E-state index is 13.7. The van der Waals surface area contributed by atoms with E-state index >= 15 is 0 Å². The number of hydroxylamine groups is 1. The first-order valence-electron chi connectivity index (χ1n) is 10.1. The van der Waals surface area contributed by atoms with Crippen molar-refractivity contribution in [2.75, 3.05) is 0 Å². The molecule has 0 aliphatic heterocycles. The quantitative estimate of drug-likeness (QED) is 0.193. The number of phenols is 1. The largest absolute Gasteiger partial charge is 0.505 e. The van der Waals surface area contributed by atoms with Crippen molar-refractivity contribution in [2.45, 2.75) is 23.2 Å². The van der Waals surface area contributed by atoms with Gasteiger partial charge < -0.3 is 5.11 Å². The second-order valence-corrected chi connectivity index (χ2v) is 10.4. The summed E-state index contributed by atoms with van der Waals surface area (Å²) in [4.78, 5) is 17.1. The lowest BCUT2D eigenvalue weighted by Gasteiger charge is -2.15. The molecule has 0 saturated heterocycles. The summed E-state index contributed by atoms with van der Waals surface area (Å²) >= 11 is 1.07. The minimum Gasteiger partial charge on any atom is -0.505 e. The number of hydrogen-bond donors (Lipinski definition) is 4. The van der Waals surface area contributed by atoms with Gasteiger partial charge in [-0.25, -0.2) is 27.7 Å². The molecule has 11 nitrogen and oxygen atoms in total. The lowest BCUT2D eigenvalue weighted by atomic mass is 10.1. The van der Waals surface area contributed by atoms with Gasteiger partial charge in [-0.15, -0.1) is 16.4 Å². The van der Waals surface area contributed by atoms with Gasteiger partial charge in [0.05, 0.1) is 29.0 Å². The molecule has 182 valence electrons. The normalized spacial score (nSPS) is 12.4. The average molecular weight is 519 g/mol. The molecule has 1 aromatic carbocycles. The van der Waals surface area contributed by atoms with E-state index in [9.17, 15) is 22.7 Å². The molecule has 1 unspecified atom stereocenters. The van der Waals surface area contributed by atoms with Crippen LogP contribution in [-0.2, 0) is 27.8 Å². The van der Waals surface area contributed by atoms with E-state index in [-0.39, 0.29) is 22.9 Å². The lowest BCUT2D eigenvalue weighted by molar-refractivity contribution is -0.133. The number of amides is 1. The van der Waals surface area contributed by atoms with Crippen LogP contribution in [0.2, 0.25) is 0 Å². The number of nitrogens with zero attached hydrogens (tertiary/aromatic N) is 4. The van der Waals surface area contributed by atoms with Gasteiger partial charge in [0, 0.05) is 12.6 Å². The molecule has 0 bridgehead atoms. The summed E-state index contributed by atoms with van der Waals surface area (Å²) in [6.45, 7) is -0.208. The topological polar surface area (TPSA) is 159 Å². The summed E-state index contributed by atoms with van der Waals surface area (Å²) in [5.41, 5.74) is 2.75. The number of sulfonamides is 1. The Morgan fingerprint density at radius 1 is 1.20 bits per heavy atom. The van der Waals surface area contributed by atoms with E-state index in [1.807, 2.05) is 0 Å². The minimum atomic E-state index is -3.86. The van der Waals surface area contributed by atoms with Crippen LogP contribution in [0.4, 0.5) is 4.39 Å². The molecule has 14 heteroatoms. The first kappa shape index (κ1) is 24.4. The molecule has 0 fully saturated rings. The second kappa shape index (κ2) is 10.3. The van der Waals surface area contributed by atoms with E-state index in [1.165, 1.54) is 23.8 Å². The van der Waals surface area contributed by atoms with Crippen LogP contribution in [0.3, 0.4) is 0 Å². The third-order valence-electron chi connectivity index (χ3n) is 4.94. The molecule has 0 aliphatic carbocycles. The molecule has 4 aromatic rings. The number of rotatable bonds is 9. The number of halogens is 1. The van der Waals surface area contributed by atoms with Gasteiger partial charge in [-0.2, -0.15) is 0 Å². The maximum absolute atomic E-state index is 13.7. The summed E-state index contributed by atoms with van der Waals surface area (Å²) in [6, 6.07) is 11.0. The van der Waals surface area contributed by atoms with Crippen LogP contribution in [-0.4, -0.2) is 44.6 Å². The fraction of sp³-hybridized carbons (Fsp3) is 0.143. The predicted molar refractivity (Wildman–Crippen MR) is 122 cm³/mol. The van der Waals surface area contributed by atoms with E-state index in [0.717, 1.165) is 28.2 Å². The first-order chi connectivity index (χ1) is 16.8. The minimum absolute atomic E-state index is 0.0797. The number of aromatic nitrogens is 4. The van der Waals surface area contributed by atoms with E-state index in [1.54, 1.807) is 30.5 Å². The zero-order valence-corrected chi connectivity index (χ0v) is 19.5. The van der Waals surface area contributed by atoms with Crippen LogP contribution >= 0.6 is 11.3 Å². The Kier molecular flexibility index (Phi) is 7.16. The Morgan fingerprint density at radius 2 is 2.03 bits per heavy atom. The fourth-order valence-electron chi connectivity index (χ4n) is 3.18. The van der Waals surface area contributed by atoms with Crippen molar-refractivity contribution >= 4 is 27.3 Å². The van der Waals surface area contributed by atoms with Gasteiger partial charge in [0.1, 0.15) is 10.3 Å². The number of phenolic OH excluding ortho intramolecular Hbond substituents is 1. The number of benzene rings is 1. The summed E-state index contributed by atoms with van der Waals surface area (Å²) in [6.07, 6.45) is 2.88. The van der Waals surface area contributed by atoms with Gasteiger partial charge >= 0.3 is 0 Å². The number of thiophene rings is 1. The van der Waals surface area contributed by atoms with E-state index in [4.69, 9.17) is 5.21 Å². The highest BCUT2D eigenvalue weighted by Gasteiger charge is 2.24. The average Bonchev–Trinajstić information content (AvgIpc) is 3.54. The van der Waals surface area contributed by atoms with Crippen LogP contribution in [0.1, 0.15) is 17.3 Å². The number of carbonyl (C=O) groups excluding carboxylic acids is 1. The zero-order chi connectivity index (χ0) is 25.0. The molecular formula is C21H19FN6O5S2. The summed E-state index contributed by atoms with van der Waals surface area (Å²) < 4.78 is 42.8. The molecule has 4 N–H and O–H groups in total. The number of pyridine rings is 1. The number of nitrogens with one attached hydrogen (secondary N) is 2. The Balaban J connectivity index is 1.46. The van der Waals surface area contributed by atoms with Gasteiger partial charge in [0.25, 0.3) is 5.91 Å². The molecule has 4 rings (SSSR count). The van der Waals surface area contributed by atoms with Gasteiger partial charge in [-0.3, -0.25) is 15.0 Å². The molecule has 1 amide bonds. The Bertz CT molecular complexity index is 1440. The third-order valence-corrected chi connectivity index (χ3v) is 7.94. The van der Waals surface area contributed by atoms with Crippen molar-refractivity contribution in [3.8, 4) is 16.3 Å². The van der Waals surface area contributed by atoms with E-state index < -0.39 is 33.5 Å². The molecule has 35 heavy (non-hydrogen) atoms. The maximum Gasteiger partial charge on any atom is 0.268 e. The van der Waals surface area contributed by atoms with E-state index in [2.05, 4.69) is 20.0 Å². The molecule has 0 saturated carbocycles. The zero-order valence-electron chi connectivity index (χ0n) is 17.9. The Hall–Kier alpha value is -3.72. The summed E-state index contributed by atoms with van der Waals surface area (Å²) in [5.74, 6) is -2.24. The number of carbonyl (C=O) groups is 1. The van der Waals surface area contributed by atoms with Crippen LogP contribution < -0.4 is 10.2 Å². The van der Waals surface area contributed by atoms with Gasteiger partial charge in [0.15, 0.2) is 11.6 Å². The van der Waals surface area contributed by atoms with Crippen molar-refractivity contribution in [1.82, 2.24) is 30.2 Å². The van der Waals surface area contributed by atoms with Crippen LogP contribution in [0, 0.1) is 5.82 Å². The van der Waals surface area contributed by atoms with Gasteiger partial charge in [0.2, 0.25) is 10.0 Å². The van der Waals surface area contributed by atoms with Crippen molar-refractivity contribution in [1.29, 1.82) is 0 Å². The van der Waals surface area contributed by atoms with Crippen LogP contribution in [0.25, 0.3) is 10.6 Å². The van der Waals surface area contributed by atoms with Crippen molar-refractivity contribution in [2.24, 2.45) is 0 Å². The Morgan fingerprint density at radius 3 is 2.74 bits per heavy atom. The van der Waals surface area contributed by atoms with Crippen LogP contribution in [0.15, 0.2) is 65.1 Å². The van der Waals surface area contributed by atoms with E-state index in [0.29, 0.717) is 16.1 Å². The van der Waals surface area contributed by atoms with Gasteiger partial charge in [-0.05, 0) is 42.0 Å². The standard InChI is InChI=1S/C21H19FN6O5S2/c22-15-9-13(4-5-18(15)29)10-17(21(30)26-31)28-12-14(25-27-28)11-24-35(32,33)20-7-6-19(34-20)16-3-1-2-8-23-16/h1-9,12,17,24,29,31H,10-11H2,(H,26,30). The highest BCUT2D eigenvalue weighted by Crippen LogP contribution is 2.29. The van der Waals surface area contributed by atoms with Crippen LogP contribution in [0.5, 0.6) is 5.75 Å².